The lowest BCUT2D eigenvalue weighted by Crippen LogP contribution is -2.43. The summed E-state index contributed by atoms with van der Waals surface area (Å²) in [4.78, 5) is 14.0. The Bertz CT molecular complexity index is 820. The Morgan fingerprint density at radius 2 is 2.00 bits per heavy atom. The summed E-state index contributed by atoms with van der Waals surface area (Å²) in [7, 11) is 0. The van der Waals surface area contributed by atoms with Crippen molar-refractivity contribution in [1.29, 1.82) is 0 Å². The third kappa shape index (κ3) is 4.99. The largest absolute Gasteiger partial charge is 0.487 e. The summed E-state index contributed by atoms with van der Waals surface area (Å²) >= 11 is 7.53. The molecule has 0 aromatic heterocycles. The fourth-order valence-electron chi connectivity index (χ4n) is 3.35. The van der Waals surface area contributed by atoms with Crippen LogP contribution in [0.2, 0.25) is 5.02 Å². The van der Waals surface area contributed by atoms with Crippen molar-refractivity contribution >= 4 is 29.3 Å². The molecule has 0 aliphatic carbocycles. The molecule has 144 valence electrons. The third-order valence-electron chi connectivity index (χ3n) is 4.70. The second-order valence-corrected chi connectivity index (χ2v) is 9.35. The van der Waals surface area contributed by atoms with Crippen LogP contribution >= 0.6 is 23.4 Å². The summed E-state index contributed by atoms with van der Waals surface area (Å²) < 4.78 is 6.14. The van der Waals surface area contributed by atoms with Crippen LogP contribution in [0.25, 0.3) is 0 Å². The molecule has 0 radical (unpaired) electrons. The third-order valence-corrected chi connectivity index (χ3v) is 6.33. The lowest BCUT2D eigenvalue weighted by atomic mass is 9.89. The maximum atomic E-state index is 13.0. The number of rotatable bonds is 5. The van der Waals surface area contributed by atoms with Crippen molar-refractivity contribution in [3.8, 4) is 5.75 Å². The predicted molar refractivity (Wildman–Crippen MR) is 113 cm³/mol. The minimum absolute atomic E-state index is 0.0447. The van der Waals surface area contributed by atoms with Crippen LogP contribution < -0.4 is 10.1 Å². The van der Waals surface area contributed by atoms with Gasteiger partial charge in [-0.3, -0.25) is 4.79 Å². The topological polar surface area (TPSA) is 38.3 Å². The quantitative estimate of drug-likeness (QED) is 0.628. The van der Waals surface area contributed by atoms with Crippen LogP contribution in [-0.2, 0) is 4.79 Å². The molecule has 1 amide bonds. The molecule has 0 unspecified atom stereocenters. The summed E-state index contributed by atoms with van der Waals surface area (Å²) in [6.45, 7) is 8.22. The van der Waals surface area contributed by atoms with E-state index in [2.05, 4.69) is 44.3 Å². The fraction of sp³-hybridized carbons (Fsp3) is 0.409. The Labute approximate surface area is 170 Å². The second-order valence-electron chi connectivity index (χ2n) is 7.64. The van der Waals surface area contributed by atoms with Gasteiger partial charge in [-0.15, -0.1) is 11.8 Å². The van der Waals surface area contributed by atoms with Gasteiger partial charge in [-0.1, -0.05) is 30.7 Å². The van der Waals surface area contributed by atoms with E-state index in [0.717, 1.165) is 34.6 Å². The van der Waals surface area contributed by atoms with Gasteiger partial charge in [-0.25, -0.2) is 0 Å². The molecule has 2 atom stereocenters. The van der Waals surface area contributed by atoms with Crippen molar-refractivity contribution in [2.24, 2.45) is 0 Å². The van der Waals surface area contributed by atoms with Gasteiger partial charge in [0, 0.05) is 21.9 Å². The highest BCUT2D eigenvalue weighted by atomic mass is 35.5. The molecule has 2 aromatic carbocycles. The molecular formula is C22H26ClNO2S. The van der Waals surface area contributed by atoms with Crippen LogP contribution in [0.4, 0.5) is 0 Å². The summed E-state index contributed by atoms with van der Waals surface area (Å²) in [5, 5.41) is 3.82. The number of carbonyl (C=O) groups is 1. The molecule has 5 heteroatoms. The van der Waals surface area contributed by atoms with Gasteiger partial charge in [0.05, 0.1) is 11.3 Å². The Morgan fingerprint density at radius 3 is 2.67 bits per heavy atom. The molecule has 0 bridgehead atoms. The van der Waals surface area contributed by atoms with E-state index < -0.39 is 0 Å². The molecule has 1 N–H and O–H groups in total. The molecule has 3 rings (SSSR count). The number of nitrogens with one attached hydrogen (secondary N) is 1. The number of aryl methyl sites for hydroxylation is 1. The SMILES string of the molecule is CC[C@@H](Sc1ccc(Cl)cc1)C(=O)N[C@@H]1CC(C)(C)Oc2cc(C)ccc21. The smallest absolute Gasteiger partial charge is 0.233 e. The number of hydrogen-bond acceptors (Lipinski definition) is 3. The van der Waals surface area contributed by atoms with E-state index in [1.165, 1.54) is 0 Å². The number of benzene rings is 2. The zero-order valence-electron chi connectivity index (χ0n) is 16.2. The van der Waals surface area contributed by atoms with Crippen LogP contribution in [0.15, 0.2) is 47.4 Å². The number of carbonyl (C=O) groups excluding carboxylic acids is 1. The molecule has 0 saturated heterocycles. The van der Waals surface area contributed by atoms with Gasteiger partial charge < -0.3 is 10.1 Å². The van der Waals surface area contributed by atoms with Crippen LogP contribution in [0, 0.1) is 6.92 Å². The van der Waals surface area contributed by atoms with Crippen LogP contribution in [0.3, 0.4) is 0 Å². The van der Waals surface area contributed by atoms with Gasteiger partial charge in [-0.2, -0.15) is 0 Å². The summed E-state index contributed by atoms with van der Waals surface area (Å²) in [6.07, 6.45) is 1.50. The Morgan fingerprint density at radius 1 is 1.30 bits per heavy atom. The summed E-state index contributed by atoms with van der Waals surface area (Å²) in [5.41, 5.74) is 1.89. The fourth-order valence-corrected chi connectivity index (χ4v) is 4.44. The molecule has 0 fully saturated rings. The number of amides is 1. The Kier molecular flexibility index (Phi) is 6.07. The molecule has 0 spiro atoms. The predicted octanol–water partition coefficient (Wildman–Crippen LogP) is 5.94. The average molecular weight is 404 g/mol. The molecule has 1 heterocycles. The first-order valence-electron chi connectivity index (χ1n) is 9.29. The van der Waals surface area contributed by atoms with Crippen molar-refractivity contribution in [3.05, 3.63) is 58.6 Å². The first-order chi connectivity index (χ1) is 12.8. The Balaban J connectivity index is 1.76. The van der Waals surface area contributed by atoms with Crippen molar-refractivity contribution in [2.75, 3.05) is 0 Å². The van der Waals surface area contributed by atoms with Gasteiger partial charge >= 0.3 is 0 Å². The summed E-state index contributed by atoms with van der Waals surface area (Å²) in [5.74, 6) is 0.932. The van der Waals surface area contributed by atoms with Crippen molar-refractivity contribution in [3.63, 3.8) is 0 Å². The van der Waals surface area contributed by atoms with Crippen LogP contribution in [-0.4, -0.2) is 16.8 Å². The van der Waals surface area contributed by atoms with Crippen LogP contribution in [0.1, 0.15) is 50.8 Å². The molecule has 1 aliphatic rings. The van der Waals surface area contributed by atoms with Crippen molar-refractivity contribution in [1.82, 2.24) is 5.32 Å². The zero-order chi connectivity index (χ0) is 19.6. The van der Waals surface area contributed by atoms with E-state index in [4.69, 9.17) is 16.3 Å². The number of fused-ring (bicyclic) bond motifs is 1. The summed E-state index contributed by atoms with van der Waals surface area (Å²) in [6, 6.07) is 13.8. The average Bonchev–Trinajstić information content (AvgIpc) is 2.59. The molecule has 3 nitrogen and oxygen atoms in total. The normalized spacial score (nSPS) is 18.9. The maximum absolute atomic E-state index is 13.0. The van der Waals surface area contributed by atoms with Gasteiger partial charge in [0.1, 0.15) is 11.4 Å². The zero-order valence-corrected chi connectivity index (χ0v) is 17.8. The van der Waals surface area contributed by atoms with Gasteiger partial charge in [0.2, 0.25) is 5.91 Å². The number of thioether (sulfide) groups is 1. The second kappa shape index (κ2) is 8.15. The van der Waals surface area contributed by atoms with E-state index in [9.17, 15) is 4.79 Å². The lowest BCUT2D eigenvalue weighted by molar-refractivity contribution is -0.121. The highest BCUT2D eigenvalue weighted by molar-refractivity contribution is 8.00. The maximum Gasteiger partial charge on any atom is 0.233 e. The number of halogens is 1. The first kappa shape index (κ1) is 20.1. The molecule has 0 saturated carbocycles. The number of ether oxygens (including phenoxy) is 1. The first-order valence-corrected chi connectivity index (χ1v) is 10.6. The molecule has 2 aromatic rings. The van der Waals surface area contributed by atoms with E-state index >= 15 is 0 Å². The van der Waals surface area contributed by atoms with Gasteiger partial charge in [-0.05, 0) is 63.1 Å². The highest BCUT2D eigenvalue weighted by Crippen LogP contribution is 2.40. The monoisotopic (exact) mass is 403 g/mol. The van der Waals surface area contributed by atoms with Crippen molar-refractivity contribution in [2.45, 2.75) is 62.3 Å². The highest BCUT2D eigenvalue weighted by Gasteiger charge is 2.35. The van der Waals surface area contributed by atoms with Crippen molar-refractivity contribution < 1.29 is 9.53 Å². The van der Waals surface area contributed by atoms with E-state index in [-0.39, 0.29) is 22.8 Å². The van der Waals surface area contributed by atoms with Gasteiger partial charge in [0.25, 0.3) is 0 Å². The lowest BCUT2D eigenvalue weighted by Gasteiger charge is -2.38. The molecule has 1 aliphatic heterocycles. The van der Waals surface area contributed by atoms with E-state index in [1.807, 2.05) is 31.2 Å². The van der Waals surface area contributed by atoms with Gasteiger partial charge in [0.15, 0.2) is 0 Å². The van der Waals surface area contributed by atoms with E-state index in [0.29, 0.717) is 5.02 Å². The Hall–Kier alpha value is -1.65. The minimum Gasteiger partial charge on any atom is -0.487 e. The molecular weight excluding hydrogens is 378 g/mol. The standard InChI is InChI=1S/C22H26ClNO2S/c1-5-20(27-16-9-7-15(23)8-10-16)21(25)24-18-13-22(3,4)26-19-12-14(2)6-11-17(18)19/h6-12,18,20H,5,13H2,1-4H3,(H,24,25)/t18-,20-/m1/s1. The van der Waals surface area contributed by atoms with E-state index in [1.54, 1.807) is 11.8 Å². The molecule has 27 heavy (non-hydrogen) atoms. The van der Waals surface area contributed by atoms with Crippen LogP contribution in [0.5, 0.6) is 5.75 Å². The number of hydrogen-bond donors (Lipinski definition) is 1. The minimum atomic E-state index is -0.316.